The van der Waals surface area contributed by atoms with Crippen molar-refractivity contribution in [1.29, 1.82) is 0 Å². The molecular formula is C17H22N4O2. The highest BCUT2D eigenvalue weighted by atomic mass is 16.5. The first-order valence-corrected chi connectivity index (χ1v) is 7.89. The molecule has 3 rings (SSSR count). The molecule has 1 atom stereocenters. The van der Waals surface area contributed by atoms with Crippen molar-refractivity contribution in [3.05, 3.63) is 36.7 Å². The highest BCUT2D eigenvalue weighted by Gasteiger charge is 2.26. The van der Waals surface area contributed by atoms with Crippen LogP contribution in [0.3, 0.4) is 0 Å². The van der Waals surface area contributed by atoms with Gasteiger partial charge in [0.05, 0.1) is 0 Å². The molecule has 0 radical (unpaired) electrons. The van der Waals surface area contributed by atoms with E-state index in [1.54, 1.807) is 13.3 Å². The zero-order valence-corrected chi connectivity index (χ0v) is 13.3. The first-order chi connectivity index (χ1) is 11.3. The van der Waals surface area contributed by atoms with Crippen LogP contribution < -0.4 is 10.6 Å². The maximum Gasteiger partial charge on any atom is 0.322 e. The van der Waals surface area contributed by atoms with Crippen molar-refractivity contribution in [2.45, 2.75) is 12.5 Å². The second kappa shape index (κ2) is 7.39. The van der Waals surface area contributed by atoms with E-state index in [2.05, 4.69) is 15.6 Å². The summed E-state index contributed by atoms with van der Waals surface area (Å²) < 4.78 is 5.15. The Balaban J connectivity index is 1.70. The predicted molar refractivity (Wildman–Crippen MR) is 90.6 cm³/mol. The number of pyridine rings is 1. The average Bonchev–Trinajstić information content (AvgIpc) is 2.60. The number of rotatable bonds is 4. The number of anilines is 1. The maximum absolute atomic E-state index is 12.6. The quantitative estimate of drug-likeness (QED) is 0.907. The molecule has 2 amide bonds. The van der Waals surface area contributed by atoms with Crippen LogP contribution in [0.1, 0.15) is 6.42 Å². The fourth-order valence-electron chi connectivity index (χ4n) is 2.90. The van der Waals surface area contributed by atoms with Crippen LogP contribution in [0.5, 0.6) is 0 Å². The molecule has 0 bridgehead atoms. The van der Waals surface area contributed by atoms with E-state index >= 15 is 0 Å². The Morgan fingerprint density at radius 3 is 3.22 bits per heavy atom. The SMILES string of the molecule is COCCC1CNCCN1C(=O)Nc1ccc2cnccc2c1. The molecule has 6 nitrogen and oxygen atoms in total. The van der Waals surface area contributed by atoms with Gasteiger partial charge >= 0.3 is 6.03 Å². The van der Waals surface area contributed by atoms with E-state index in [0.717, 1.165) is 36.0 Å². The summed E-state index contributed by atoms with van der Waals surface area (Å²) in [5.74, 6) is 0. The molecule has 1 aliphatic heterocycles. The molecule has 2 heterocycles. The molecule has 23 heavy (non-hydrogen) atoms. The summed E-state index contributed by atoms with van der Waals surface area (Å²) in [5, 5.41) is 8.47. The molecule has 1 aliphatic rings. The lowest BCUT2D eigenvalue weighted by molar-refractivity contribution is 0.130. The average molecular weight is 314 g/mol. The van der Waals surface area contributed by atoms with Gasteiger partial charge in [-0.3, -0.25) is 4.98 Å². The van der Waals surface area contributed by atoms with Crippen molar-refractivity contribution >= 4 is 22.5 Å². The van der Waals surface area contributed by atoms with E-state index in [-0.39, 0.29) is 12.1 Å². The summed E-state index contributed by atoms with van der Waals surface area (Å²) in [7, 11) is 1.69. The number of carbonyl (C=O) groups is 1. The molecule has 0 spiro atoms. The standard InChI is InChI=1S/C17H22N4O2/c1-23-9-5-16-12-19-7-8-21(16)17(22)20-15-3-2-14-11-18-6-4-13(14)10-15/h2-4,6,10-11,16,19H,5,7-9,12H2,1H3,(H,20,22). The normalized spacial score (nSPS) is 18.1. The minimum absolute atomic E-state index is 0.0546. The number of nitrogens with zero attached hydrogens (tertiary/aromatic N) is 2. The Kier molecular flexibility index (Phi) is 5.05. The van der Waals surface area contributed by atoms with Crippen molar-refractivity contribution < 1.29 is 9.53 Å². The second-order valence-electron chi connectivity index (χ2n) is 5.70. The molecule has 2 aromatic rings. The first kappa shape index (κ1) is 15.7. The van der Waals surface area contributed by atoms with Crippen LogP contribution in [0, 0.1) is 0 Å². The predicted octanol–water partition coefficient (Wildman–Crippen LogP) is 2.08. The number of nitrogens with one attached hydrogen (secondary N) is 2. The van der Waals surface area contributed by atoms with Gasteiger partial charge in [-0.25, -0.2) is 4.79 Å². The third-order valence-corrected chi connectivity index (χ3v) is 4.16. The van der Waals surface area contributed by atoms with E-state index in [0.29, 0.717) is 13.2 Å². The molecule has 1 aromatic carbocycles. The van der Waals surface area contributed by atoms with Crippen molar-refractivity contribution in [1.82, 2.24) is 15.2 Å². The number of carbonyl (C=O) groups excluding carboxylic acids is 1. The lowest BCUT2D eigenvalue weighted by Gasteiger charge is -2.36. The van der Waals surface area contributed by atoms with Crippen LogP contribution in [-0.4, -0.2) is 55.3 Å². The lowest BCUT2D eigenvalue weighted by atomic mass is 10.1. The number of fused-ring (bicyclic) bond motifs is 1. The number of amides is 2. The Bertz CT molecular complexity index is 676. The van der Waals surface area contributed by atoms with Gasteiger partial charge in [0.15, 0.2) is 0 Å². The molecule has 1 fully saturated rings. The van der Waals surface area contributed by atoms with Gasteiger partial charge in [0, 0.05) is 62.9 Å². The van der Waals surface area contributed by atoms with Crippen molar-refractivity contribution in [3.8, 4) is 0 Å². The first-order valence-electron chi connectivity index (χ1n) is 7.89. The largest absolute Gasteiger partial charge is 0.385 e. The van der Waals surface area contributed by atoms with Gasteiger partial charge in [-0.2, -0.15) is 0 Å². The van der Waals surface area contributed by atoms with Crippen LogP contribution in [0.4, 0.5) is 10.5 Å². The van der Waals surface area contributed by atoms with E-state index in [4.69, 9.17) is 4.74 Å². The number of urea groups is 1. The minimum Gasteiger partial charge on any atom is -0.385 e. The van der Waals surface area contributed by atoms with Crippen molar-refractivity contribution in [2.75, 3.05) is 38.7 Å². The highest BCUT2D eigenvalue weighted by molar-refractivity contribution is 5.93. The van der Waals surface area contributed by atoms with Crippen LogP contribution in [0.15, 0.2) is 36.7 Å². The second-order valence-corrected chi connectivity index (χ2v) is 5.70. The maximum atomic E-state index is 12.6. The van der Waals surface area contributed by atoms with Crippen LogP contribution >= 0.6 is 0 Å². The van der Waals surface area contributed by atoms with E-state index < -0.39 is 0 Å². The summed E-state index contributed by atoms with van der Waals surface area (Å²) in [6.45, 7) is 2.98. The van der Waals surface area contributed by atoms with Crippen LogP contribution in [-0.2, 0) is 4.74 Å². The zero-order chi connectivity index (χ0) is 16.1. The number of aromatic nitrogens is 1. The fraction of sp³-hybridized carbons (Fsp3) is 0.412. The molecule has 1 unspecified atom stereocenters. The Morgan fingerprint density at radius 2 is 2.35 bits per heavy atom. The Hall–Kier alpha value is -2.18. The van der Waals surface area contributed by atoms with E-state index in [9.17, 15) is 4.79 Å². The number of hydrogen-bond acceptors (Lipinski definition) is 4. The number of hydrogen-bond donors (Lipinski definition) is 2. The minimum atomic E-state index is -0.0546. The number of benzene rings is 1. The zero-order valence-electron chi connectivity index (χ0n) is 13.3. The summed E-state index contributed by atoms with van der Waals surface area (Å²) in [6, 6.07) is 7.90. The van der Waals surface area contributed by atoms with Gasteiger partial charge in [-0.1, -0.05) is 6.07 Å². The lowest BCUT2D eigenvalue weighted by Crippen LogP contribution is -2.55. The summed E-state index contributed by atoms with van der Waals surface area (Å²) in [6.07, 6.45) is 4.41. The third-order valence-electron chi connectivity index (χ3n) is 4.16. The summed E-state index contributed by atoms with van der Waals surface area (Å²) in [4.78, 5) is 18.6. The molecule has 122 valence electrons. The Morgan fingerprint density at radius 1 is 1.43 bits per heavy atom. The van der Waals surface area contributed by atoms with Crippen LogP contribution in [0.25, 0.3) is 10.8 Å². The highest BCUT2D eigenvalue weighted by Crippen LogP contribution is 2.19. The fourth-order valence-corrected chi connectivity index (χ4v) is 2.90. The number of methoxy groups -OCH3 is 1. The molecule has 0 aliphatic carbocycles. The number of piperazine rings is 1. The molecular weight excluding hydrogens is 292 g/mol. The topological polar surface area (TPSA) is 66.5 Å². The van der Waals surface area contributed by atoms with Gasteiger partial charge in [-0.05, 0) is 30.0 Å². The third kappa shape index (κ3) is 3.78. The van der Waals surface area contributed by atoms with Crippen molar-refractivity contribution in [3.63, 3.8) is 0 Å². The summed E-state index contributed by atoms with van der Waals surface area (Å²) >= 11 is 0. The number of ether oxygens (including phenoxy) is 1. The van der Waals surface area contributed by atoms with Gasteiger partial charge in [0.2, 0.25) is 0 Å². The van der Waals surface area contributed by atoms with Gasteiger partial charge in [-0.15, -0.1) is 0 Å². The molecule has 6 heteroatoms. The molecule has 2 N–H and O–H groups in total. The molecule has 1 aromatic heterocycles. The van der Waals surface area contributed by atoms with Gasteiger partial charge in [0.25, 0.3) is 0 Å². The van der Waals surface area contributed by atoms with E-state index in [1.807, 2.05) is 35.4 Å². The monoisotopic (exact) mass is 314 g/mol. The Labute approximate surface area is 135 Å². The van der Waals surface area contributed by atoms with Gasteiger partial charge < -0.3 is 20.3 Å². The van der Waals surface area contributed by atoms with Crippen molar-refractivity contribution in [2.24, 2.45) is 0 Å². The summed E-state index contributed by atoms with van der Waals surface area (Å²) in [5.41, 5.74) is 0.803. The van der Waals surface area contributed by atoms with Gasteiger partial charge in [0.1, 0.15) is 0 Å². The molecule has 1 saturated heterocycles. The van der Waals surface area contributed by atoms with Crippen LogP contribution in [0.2, 0.25) is 0 Å². The smallest absolute Gasteiger partial charge is 0.322 e. The molecule has 0 saturated carbocycles. The van der Waals surface area contributed by atoms with E-state index in [1.165, 1.54) is 0 Å².